The highest BCUT2D eigenvalue weighted by Crippen LogP contribution is 2.31. The van der Waals surface area contributed by atoms with Crippen LogP contribution < -0.4 is 10.1 Å². The number of hydrogen-bond donors (Lipinski definition) is 1. The lowest BCUT2D eigenvalue weighted by Crippen LogP contribution is -2.20. The summed E-state index contributed by atoms with van der Waals surface area (Å²) in [5, 5.41) is 7.01. The Morgan fingerprint density at radius 3 is 2.48 bits per heavy atom. The molecule has 1 heterocycles. The SMILES string of the molecule is Cc1ccc(C)c(NC(=O)COc2ccccc2-c2nc(-c3ccccc3C)no2)c1. The molecule has 0 fully saturated rings. The number of hydrogen-bond acceptors (Lipinski definition) is 5. The summed E-state index contributed by atoms with van der Waals surface area (Å²) in [5.74, 6) is 1.10. The largest absolute Gasteiger partial charge is 0.483 e. The van der Waals surface area contributed by atoms with E-state index in [1.807, 2.05) is 81.4 Å². The van der Waals surface area contributed by atoms with Crippen molar-refractivity contribution >= 4 is 11.6 Å². The van der Waals surface area contributed by atoms with Gasteiger partial charge in [0, 0.05) is 11.3 Å². The van der Waals surface area contributed by atoms with Gasteiger partial charge in [-0.25, -0.2) is 0 Å². The smallest absolute Gasteiger partial charge is 0.262 e. The van der Waals surface area contributed by atoms with Crippen molar-refractivity contribution in [2.24, 2.45) is 0 Å². The molecular formula is C25H23N3O3. The molecule has 1 aromatic heterocycles. The Morgan fingerprint density at radius 2 is 1.68 bits per heavy atom. The van der Waals surface area contributed by atoms with E-state index < -0.39 is 0 Å². The lowest BCUT2D eigenvalue weighted by Gasteiger charge is -2.11. The fourth-order valence-electron chi connectivity index (χ4n) is 3.24. The lowest BCUT2D eigenvalue weighted by atomic mass is 10.1. The van der Waals surface area contributed by atoms with E-state index in [9.17, 15) is 4.79 Å². The highest BCUT2D eigenvalue weighted by molar-refractivity contribution is 5.92. The molecule has 6 nitrogen and oxygen atoms in total. The summed E-state index contributed by atoms with van der Waals surface area (Å²) in [4.78, 5) is 17.0. The Balaban J connectivity index is 1.50. The Hall–Kier alpha value is -3.93. The van der Waals surface area contributed by atoms with Crippen LogP contribution in [0, 0.1) is 20.8 Å². The van der Waals surface area contributed by atoms with Crippen LogP contribution in [0.25, 0.3) is 22.8 Å². The summed E-state index contributed by atoms with van der Waals surface area (Å²) in [6.45, 7) is 5.80. The molecule has 3 aromatic carbocycles. The number of aryl methyl sites for hydroxylation is 3. The van der Waals surface area contributed by atoms with Gasteiger partial charge < -0.3 is 14.6 Å². The van der Waals surface area contributed by atoms with Crippen molar-refractivity contribution in [3.63, 3.8) is 0 Å². The highest BCUT2D eigenvalue weighted by Gasteiger charge is 2.16. The predicted octanol–water partition coefficient (Wildman–Crippen LogP) is 5.35. The number of carbonyl (C=O) groups excluding carboxylic acids is 1. The molecule has 1 amide bonds. The van der Waals surface area contributed by atoms with Crippen molar-refractivity contribution in [3.8, 4) is 28.6 Å². The van der Waals surface area contributed by atoms with Crippen LogP contribution in [0.4, 0.5) is 5.69 Å². The van der Waals surface area contributed by atoms with Gasteiger partial charge in [-0.2, -0.15) is 4.98 Å². The zero-order chi connectivity index (χ0) is 21.8. The van der Waals surface area contributed by atoms with Crippen molar-refractivity contribution in [2.75, 3.05) is 11.9 Å². The van der Waals surface area contributed by atoms with Crippen LogP contribution in [0.1, 0.15) is 16.7 Å². The van der Waals surface area contributed by atoms with Gasteiger partial charge in [-0.15, -0.1) is 0 Å². The molecule has 0 unspecified atom stereocenters. The van der Waals surface area contributed by atoms with Crippen LogP contribution in [0.3, 0.4) is 0 Å². The minimum Gasteiger partial charge on any atom is -0.483 e. The number of anilines is 1. The monoisotopic (exact) mass is 413 g/mol. The van der Waals surface area contributed by atoms with Crippen LogP contribution >= 0.6 is 0 Å². The van der Waals surface area contributed by atoms with Gasteiger partial charge >= 0.3 is 0 Å². The Labute approximate surface area is 180 Å². The summed E-state index contributed by atoms with van der Waals surface area (Å²) in [6, 6.07) is 21.1. The first-order chi connectivity index (χ1) is 15.0. The van der Waals surface area contributed by atoms with E-state index in [1.165, 1.54) is 0 Å². The molecule has 31 heavy (non-hydrogen) atoms. The first-order valence-electron chi connectivity index (χ1n) is 10.0. The van der Waals surface area contributed by atoms with E-state index in [2.05, 4.69) is 15.5 Å². The maximum atomic E-state index is 12.4. The zero-order valence-corrected chi connectivity index (χ0v) is 17.7. The molecule has 0 spiro atoms. The molecule has 1 N–H and O–H groups in total. The number of aromatic nitrogens is 2. The number of para-hydroxylation sites is 1. The summed E-state index contributed by atoms with van der Waals surface area (Å²) >= 11 is 0. The minimum atomic E-state index is -0.241. The van der Waals surface area contributed by atoms with Crippen LogP contribution in [-0.4, -0.2) is 22.7 Å². The molecule has 4 rings (SSSR count). The average molecular weight is 413 g/mol. The van der Waals surface area contributed by atoms with E-state index in [0.717, 1.165) is 27.9 Å². The molecule has 0 atom stereocenters. The Kier molecular flexibility index (Phi) is 5.80. The number of ether oxygens (including phenoxy) is 1. The second kappa shape index (κ2) is 8.83. The molecule has 0 aliphatic carbocycles. The van der Waals surface area contributed by atoms with E-state index >= 15 is 0 Å². The molecule has 0 aliphatic rings. The van der Waals surface area contributed by atoms with Gasteiger partial charge in [0.05, 0.1) is 5.56 Å². The maximum absolute atomic E-state index is 12.4. The molecular weight excluding hydrogens is 390 g/mol. The zero-order valence-electron chi connectivity index (χ0n) is 17.7. The van der Waals surface area contributed by atoms with E-state index in [0.29, 0.717) is 23.0 Å². The summed E-state index contributed by atoms with van der Waals surface area (Å²) in [6.07, 6.45) is 0. The number of amides is 1. The van der Waals surface area contributed by atoms with Gasteiger partial charge in [0.25, 0.3) is 11.8 Å². The fraction of sp³-hybridized carbons (Fsp3) is 0.160. The molecule has 0 saturated heterocycles. The predicted molar refractivity (Wildman–Crippen MR) is 120 cm³/mol. The van der Waals surface area contributed by atoms with Crippen LogP contribution in [0.15, 0.2) is 71.3 Å². The molecule has 0 radical (unpaired) electrons. The Morgan fingerprint density at radius 1 is 0.935 bits per heavy atom. The molecule has 156 valence electrons. The third-order valence-corrected chi connectivity index (χ3v) is 4.96. The van der Waals surface area contributed by atoms with Gasteiger partial charge in [-0.1, -0.05) is 53.7 Å². The molecule has 0 aliphatic heterocycles. The van der Waals surface area contributed by atoms with Gasteiger partial charge in [-0.3, -0.25) is 4.79 Å². The topological polar surface area (TPSA) is 77.2 Å². The third kappa shape index (κ3) is 4.64. The minimum absolute atomic E-state index is 0.136. The number of benzene rings is 3. The second-order valence-corrected chi connectivity index (χ2v) is 7.39. The third-order valence-electron chi connectivity index (χ3n) is 4.96. The molecule has 0 saturated carbocycles. The number of nitrogens with one attached hydrogen (secondary N) is 1. The fourth-order valence-corrected chi connectivity index (χ4v) is 3.24. The van der Waals surface area contributed by atoms with Crippen molar-refractivity contribution < 1.29 is 14.1 Å². The van der Waals surface area contributed by atoms with E-state index in [4.69, 9.17) is 9.26 Å². The van der Waals surface area contributed by atoms with Gasteiger partial charge in [0.15, 0.2) is 6.61 Å². The summed E-state index contributed by atoms with van der Waals surface area (Å²) < 4.78 is 11.3. The quantitative estimate of drug-likeness (QED) is 0.461. The maximum Gasteiger partial charge on any atom is 0.262 e. The van der Waals surface area contributed by atoms with Gasteiger partial charge in [0.1, 0.15) is 5.75 Å². The summed E-state index contributed by atoms with van der Waals surface area (Å²) in [7, 11) is 0. The standard InChI is InChI=1S/C25H23N3O3/c1-16-12-13-18(3)21(14-16)26-23(29)15-30-22-11-7-6-10-20(22)25-27-24(28-31-25)19-9-5-4-8-17(19)2/h4-14H,15H2,1-3H3,(H,26,29). The molecule has 0 bridgehead atoms. The van der Waals surface area contributed by atoms with Crippen LogP contribution in [-0.2, 0) is 4.79 Å². The van der Waals surface area contributed by atoms with Gasteiger partial charge in [0.2, 0.25) is 5.82 Å². The first-order valence-corrected chi connectivity index (χ1v) is 10.0. The van der Waals surface area contributed by atoms with E-state index in [-0.39, 0.29) is 12.5 Å². The van der Waals surface area contributed by atoms with Crippen molar-refractivity contribution in [3.05, 3.63) is 83.4 Å². The molecule has 6 heteroatoms. The normalized spacial score (nSPS) is 10.7. The number of nitrogens with zero attached hydrogens (tertiary/aromatic N) is 2. The Bertz CT molecular complexity index is 1230. The number of rotatable bonds is 6. The van der Waals surface area contributed by atoms with Crippen molar-refractivity contribution in [1.82, 2.24) is 10.1 Å². The highest BCUT2D eigenvalue weighted by atomic mass is 16.5. The number of carbonyl (C=O) groups is 1. The van der Waals surface area contributed by atoms with Crippen LogP contribution in [0.5, 0.6) is 5.75 Å². The van der Waals surface area contributed by atoms with Gasteiger partial charge in [-0.05, 0) is 55.7 Å². The summed E-state index contributed by atoms with van der Waals surface area (Å²) in [5.41, 5.74) is 5.45. The van der Waals surface area contributed by atoms with Crippen molar-refractivity contribution in [2.45, 2.75) is 20.8 Å². The lowest BCUT2D eigenvalue weighted by molar-refractivity contribution is -0.118. The van der Waals surface area contributed by atoms with E-state index in [1.54, 1.807) is 6.07 Å². The van der Waals surface area contributed by atoms with Crippen LogP contribution in [0.2, 0.25) is 0 Å². The molecule has 4 aromatic rings. The van der Waals surface area contributed by atoms with Crippen molar-refractivity contribution in [1.29, 1.82) is 0 Å². The second-order valence-electron chi connectivity index (χ2n) is 7.39. The first kappa shape index (κ1) is 20.3. The average Bonchev–Trinajstić information content (AvgIpc) is 3.25.